The van der Waals surface area contributed by atoms with E-state index in [-0.39, 0.29) is 36.0 Å². The summed E-state index contributed by atoms with van der Waals surface area (Å²) in [4.78, 5) is 41.8. The third-order valence-electron chi connectivity index (χ3n) is 7.00. The van der Waals surface area contributed by atoms with E-state index in [9.17, 15) is 22.8 Å². The quantitative estimate of drug-likeness (QED) is 0.625. The number of benzene rings is 1. The third kappa shape index (κ3) is 4.67. The van der Waals surface area contributed by atoms with Gasteiger partial charge in [-0.25, -0.2) is 13.2 Å². The molecular weight excluding hydrogens is 430 g/mol. The van der Waals surface area contributed by atoms with Gasteiger partial charge >= 0.3 is 6.03 Å². The predicted molar refractivity (Wildman–Crippen MR) is 120 cm³/mol. The van der Waals surface area contributed by atoms with Crippen molar-refractivity contribution in [1.82, 2.24) is 15.1 Å². The summed E-state index contributed by atoms with van der Waals surface area (Å²) in [6, 6.07) is 8.77. The maximum atomic E-state index is 13.3. The number of imide groups is 1. The molecule has 0 spiro atoms. The van der Waals surface area contributed by atoms with Gasteiger partial charge in [-0.15, -0.1) is 0 Å². The van der Waals surface area contributed by atoms with Gasteiger partial charge < -0.3 is 10.2 Å². The van der Waals surface area contributed by atoms with Crippen molar-refractivity contribution < 1.29 is 22.8 Å². The Bertz CT molecular complexity index is 990. The second-order valence-corrected chi connectivity index (χ2v) is 11.7. The van der Waals surface area contributed by atoms with Crippen molar-refractivity contribution in [3.63, 3.8) is 0 Å². The molecule has 0 unspecified atom stereocenters. The van der Waals surface area contributed by atoms with Crippen LogP contribution in [0.15, 0.2) is 30.3 Å². The maximum absolute atomic E-state index is 13.3. The second-order valence-electron chi connectivity index (χ2n) is 9.44. The van der Waals surface area contributed by atoms with Gasteiger partial charge in [0.25, 0.3) is 5.91 Å². The van der Waals surface area contributed by atoms with Crippen LogP contribution in [0.1, 0.15) is 51.0 Å². The Morgan fingerprint density at radius 3 is 2.44 bits per heavy atom. The molecule has 0 aromatic heterocycles. The van der Waals surface area contributed by atoms with Crippen molar-refractivity contribution in [3.8, 4) is 0 Å². The van der Waals surface area contributed by atoms with E-state index >= 15 is 0 Å². The van der Waals surface area contributed by atoms with Crippen molar-refractivity contribution in [2.75, 3.05) is 18.1 Å². The largest absolute Gasteiger partial charge is 0.334 e. The van der Waals surface area contributed by atoms with E-state index < -0.39 is 27.3 Å². The lowest BCUT2D eigenvalue weighted by Crippen LogP contribution is -2.52. The van der Waals surface area contributed by atoms with Crippen LogP contribution in [0.4, 0.5) is 4.79 Å². The average Bonchev–Trinajstić information content (AvgIpc) is 3.45. The zero-order valence-electron chi connectivity index (χ0n) is 18.5. The maximum Gasteiger partial charge on any atom is 0.325 e. The number of nitrogens with one attached hydrogen (secondary N) is 1. The molecular formula is C23H31N3O5S. The molecule has 4 amide bonds. The fraction of sp³-hybridized carbons (Fsp3) is 0.609. The van der Waals surface area contributed by atoms with Crippen molar-refractivity contribution >= 4 is 27.7 Å². The second kappa shape index (κ2) is 8.84. The van der Waals surface area contributed by atoms with Gasteiger partial charge in [0.15, 0.2) is 9.84 Å². The zero-order chi connectivity index (χ0) is 22.9. The van der Waals surface area contributed by atoms with Gasteiger partial charge in [0.1, 0.15) is 12.1 Å². The van der Waals surface area contributed by atoms with Crippen LogP contribution in [-0.2, 0) is 25.8 Å². The molecule has 1 N–H and O–H groups in total. The number of carbonyl (C=O) groups excluding carboxylic acids is 3. The summed E-state index contributed by atoms with van der Waals surface area (Å²) in [6.45, 7) is 1.34. The first kappa shape index (κ1) is 22.8. The molecule has 4 rings (SSSR count). The molecule has 3 aliphatic rings. The minimum Gasteiger partial charge on any atom is -0.334 e. The summed E-state index contributed by atoms with van der Waals surface area (Å²) < 4.78 is 24.1. The van der Waals surface area contributed by atoms with Crippen molar-refractivity contribution in [1.29, 1.82) is 0 Å². The molecule has 2 atom stereocenters. The first-order valence-electron chi connectivity index (χ1n) is 11.4. The number of nitrogens with zero attached hydrogens (tertiary/aromatic N) is 2. The van der Waals surface area contributed by atoms with Crippen LogP contribution in [0.25, 0.3) is 0 Å². The van der Waals surface area contributed by atoms with Gasteiger partial charge in [-0.05, 0) is 44.6 Å². The molecule has 0 radical (unpaired) electrons. The molecule has 9 heteroatoms. The highest BCUT2D eigenvalue weighted by atomic mass is 32.2. The smallest absolute Gasteiger partial charge is 0.325 e. The molecule has 1 saturated carbocycles. The number of sulfone groups is 1. The molecule has 174 valence electrons. The average molecular weight is 462 g/mol. The molecule has 1 aromatic carbocycles. The number of rotatable bonds is 7. The molecule has 8 nitrogen and oxygen atoms in total. The molecule has 2 heterocycles. The SMILES string of the molecule is C[C@]1(CCc2ccccc2)NC(=O)N(CC(=O)N(C2CCCC2)[C@H]2CCS(=O)(=O)C2)C1=O. The van der Waals surface area contributed by atoms with Crippen molar-refractivity contribution in [2.24, 2.45) is 0 Å². The van der Waals surface area contributed by atoms with Gasteiger partial charge in [-0.2, -0.15) is 0 Å². The Kier molecular flexibility index (Phi) is 6.29. The lowest BCUT2D eigenvalue weighted by Gasteiger charge is -2.35. The lowest BCUT2D eigenvalue weighted by molar-refractivity contribution is -0.141. The number of hydrogen-bond acceptors (Lipinski definition) is 5. The Hall–Kier alpha value is -2.42. The van der Waals surface area contributed by atoms with E-state index in [1.165, 1.54) is 0 Å². The molecule has 2 saturated heterocycles. The number of urea groups is 1. The Morgan fingerprint density at radius 2 is 1.81 bits per heavy atom. The number of amides is 4. The van der Waals surface area contributed by atoms with Gasteiger partial charge in [0, 0.05) is 12.1 Å². The molecule has 1 aromatic rings. The highest BCUT2D eigenvalue weighted by molar-refractivity contribution is 7.91. The van der Waals surface area contributed by atoms with Crippen LogP contribution < -0.4 is 5.32 Å². The number of hydrogen-bond donors (Lipinski definition) is 1. The van der Waals surface area contributed by atoms with Crippen LogP contribution >= 0.6 is 0 Å². The zero-order valence-corrected chi connectivity index (χ0v) is 19.3. The van der Waals surface area contributed by atoms with Gasteiger partial charge in [0.05, 0.1) is 11.5 Å². The number of carbonyl (C=O) groups is 3. The molecule has 3 fully saturated rings. The fourth-order valence-corrected chi connectivity index (χ4v) is 6.91. The normalized spacial score (nSPS) is 27.7. The Morgan fingerprint density at radius 1 is 1.12 bits per heavy atom. The van der Waals surface area contributed by atoms with Crippen LogP contribution in [0.2, 0.25) is 0 Å². The Labute approximate surface area is 189 Å². The number of aryl methyl sites for hydroxylation is 1. The molecule has 0 bridgehead atoms. The van der Waals surface area contributed by atoms with E-state index in [4.69, 9.17) is 0 Å². The minimum atomic E-state index is -3.16. The summed E-state index contributed by atoms with van der Waals surface area (Å²) in [6.07, 6.45) is 5.12. The standard InChI is InChI=1S/C23H31N3O5S/c1-23(13-11-17-7-3-2-4-8-17)21(28)25(22(29)24-23)15-20(27)26(18-9-5-6-10-18)19-12-14-32(30,31)16-19/h2-4,7-8,18-19H,5-6,9-16H2,1H3,(H,24,29)/t19-,23+/m0/s1. The summed E-state index contributed by atoms with van der Waals surface area (Å²) in [5.74, 6) is -0.703. The minimum absolute atomic E-state index is 0.0222. The van der Waals surface area contributed by atoms with Crippen molar-refractivity contribution in [2.45, 2.75) is 69.5 Å². The van der Waals surface area contributed by atoms with Gasteiger partial charge in [0.2, 0.25) is 5.91 Å². The predicted octanol–water partition coefficient (Wildman–Crippen LogP) is 1.89. The van der Waals surface area contributed by atoms with Crippen LogP contribution in [0, 0.1) is 0 Å². The van der Waals surface area contributed by atoms with Crippen LogP contribution in [0.3, 0.4) is 0 Å². The summed E-state index contributed by atoms with van der Waals surface area (Å²) >= 11 is 0. The topological polar surface area (TPSA) is 104 Å². The summed E-state index contributed by atoms with van der Waals surface area (Å²) in [5, 5.41) is 2.77. The first-order chi connectivity index (χ1) is 15.2. The Balaban J connectivity index is 1.46. The first-order valence-corrected chi connectivity index (χ1v) is 13.2. The van der Waals surface area contributed by atoms with E-state index in [1.807, 2.05) is 30.3 Å². The van der Waals surface area contributed by atoms with E-state index in [0.717, 1.165) is 36.1 Å². The van der Waals surface area contributed by atoms with E-state index in [0.29, 0.717) is 19.3 Å². The highest BCUT2D eigenvalue weighted by Gasteiger charge is 2.49. The van der Waals surface area contributed by atoms with Crippen LogP contribution in [-0.4, -0.2) is 71.7 Å². The van der Waals surface area contributed by atoms with Gasteiger partial charge in [-0.3, -0.25) is 14.5 Å². The fourth-order valence-electron chi connectivity index (χ4n) is 5.20. The monoisotopic (exact) mass is 461 g/mol. The van der Waals surface area contributed by atoms with E-state index in [1.54, 1.807) is 11.8 Å². The summed E-state index contributed by atoms with van der Waals surface area (Å²) in [7, 11) is -3.16. The third-order valence-corrected chi connectivity index (χ3v) is 8.75. The molecule has 2 aliphatic heterocycles. The molecule has 32 heavy (non-hydrogen) atoms. The van der Waals surface area contributed by atoms with Crippen molar-refractivity contribution in [3.05, 3.63) is 35.9 Å². The van der Waals surface area contributed by atoms with E-state index in [2.05, 4.69) is 5.32 Å². The van der Waals surface area contributed by atoms with Gasteiger partial charge in [-0.1, -0.05) is 43.2 Å². The highest BCUT2D eigenvalue weighted by Crippen LogP contribution is 2.30. The molecule has 1 aliphatic carbocycles. The lowest BCUT2D eigenvalue weighted by atomic mass is 9.93. The van der Waals surface area contributed by atoms with Crippen LogP contribution in [0.5, 0.6) is 0 Å². The summed E-state index contributed by atoms with van der Waals surface area (Å²) in [5.41, 5.74) is 0.00221.